The summed E-state index contributed by atoms with van der Waals surface area (Å²) in [4.78, 5) is 10.2. The van der Waals surface area contributed by atoms with Crippen molar-refractivity contribution in [2.75, 3.05) is 0 Å². The van der Waals surface area contributed by atoms with Crippen molar-refractivity contribution in [1.29, 1.82) is 0 Å². The SMILES string of the molecule is Cn1c(-c2cc(Br)cc([N+](=O)[O-])c2)nnc1S(N)(=O)=O. The second-order valence-corrected chi connectivity index (χ2v) is 6.24. The lowest BCUT2D eigenvalue weighted by Crippen LogP contribution is -2.17. The highest BCUT2D eigenvalue weighted by atomic mass is 79.9. The van der Waals surface area contributed by atoms with Crippen molar-refractivity contribution < 1.29 is 13.3 Å². The number of nitro benzene ring substituents is 1. The Kier molecular flexibility index (Phi) is 3.58. The van der Waals surface area contributed by atoms with Gasteiger partial charge in [0.05, 0.1) is 4.92 Å². The first-order valence-corrected chi connectivity index (χ1v) is 7.41. The van der Waals surface area contributed by atoms with E-state index in [0.29, 0.717) is 10.0 Å². The minimum absolute atomic E-state index is 0.151. The summed E-state index contributed by atoms with van der Waals surface area (Å²) in [7, 11) is -2.61. The number of primary sulfonamides is 1. The predicted octanol–water partition coefficient (Wildman–Crippen LogP) is 0.800. The lowest BCUT2D eigenvalue weighted by atomic mass is 10.2. The molecule has 1 aromatic heterocycles. The topological polar surface area (TPSA) is 134 Å². The Morgan fingerprint density at radius 2 is 2.00 bits per heavy atom. The van der Waals surface area contributed by atoms with Crippen LogP contribution in [0.15, 0.2) is 27.8 Å². The van der Waals surface area contributed by atoms with Gasteiger partial charge in [0, 0.05) is 29.2 Å². The van der Waals surface area contributed by atoms with Crippen molar-refractivity contribution in [2.24, 2.45) is 12.2 Å². The Morgan fingerprint density at radius 3 is 2.50 bits per heavy atom. The summed E-state index contributed by atoms with van der Waals surface area (Å²) in [6, 6.07) is 4.14. The molecule has 11 heteroatoms. The Labute approximate surface area is 121 Å². The number of nitrogens with zero attached hydrogens (tertiary/aromatic N) is 4. The van der Waals surface area contributed by atoms with Crippen LogP contribution in [0.1, 0.15) is 0 Å². The molecular formula is C9H8BrN5O4S. The van der Waals surface area contributed by atoms with Crippen LogP contribution in [-0.4, -0.2) is 28.1 Å². The molecule has 1 aromatic carbocycles. The monoisotopic (exact) mass is 361 g/mol. The Morgan fingerprint density at radius 1 is 1.35 bits per heavy atom. The lowest BCUT2D eigenvalue weighted by Gasteiger charge is -2.03. The van der Waals surface area contributed by atoms with Gasteiger partial charge in [-0.3, -0.25) is 14.7 Å². The van der Waals surface area contributed by atoms with E-state index in [1.165, 1.54) is 19.2 Å². The molecule has 0 spiro atoms. The normalized spacial score (nSPS) is 11.6. The van der Waals surface area contributed by atoms with Crippen LogP contribution in [0, 0.1) is 10.1 Å². The molecule has 0 amide bonds. The molecule has 9 nitrogen and oxygen atoms in total. The van der Waals surface area contributed by atoms with Gasteiger partial charge in [0.1, 0.15) is 0 Å². The first kappa shape index (κ1) is 14.6. The zero-order chi connectivity index (χ0) is 15.1. The van der Waals surface area contributed by atoms with Crippen LogP contribution < -0.4 is 5.14 Å². The molecule has 0 aliphatic rings. The maximum atomic E-state index is 11.3. The molecule has 0 fully saturated rings. The number of hydrogen-bond donors (Lipinski definition) is 1. The number of non-ortho nitro benzene ring substituents is 1. The summed E-state index contributed by atoms with van der Waals surface area (Å²) in [5.74, 6) is 0.151. The van der Waals surface area contributed by atoms with E-state index in [1.807, 2.05) is 0 Å². The third-order valence-electron chi connectivity index (χ3n) is 2.44. The van der Waals surface area contributed by atoms with Crippen molar-refractivity contribution in [3.05, 3.63) is 32.8 Å². The predicted molar refractivity (Wildman–Crippen MR) is 72.2 cm³/mol. The molecule has 0 saturated heterocycles. The summed E-state index contributed by atoms with van der Waals surface area (Å²) in [6.07, 6.45) is 0. The van der Waals surface area contributed by atoms with E-state index in [1.54, 1.807) is 6.07 Å². The quantitative estimate of drug-likeness (QED) is 0.634. The Bertz CT molecular complexity index is 801. The minimum Gasteiger partial charge on any atom is -0.300 e. The third-order valence-corrected chi connectivity index (χ3v) is 3.76. The van der Waals surface area contributed by atoms with E-state index in [9.17, 15) is 18.5 Å². The zero-order valence-electron chi connectivity index (χ0n) is 10.0. The van der Waals surface area contributed by atoms with Crippen LogP contribution in [0.5, 0.6) is 0 Å². The highest BCUT2D eigenvalue weighted by molar-refractivity contribution is 9.10. The summed E-state index contributed by atoms with van der Waals surface area (Å²) in [6.45, 7) is 0. The van der Waals surface area contributed by atoms with E-state index in [4.69, 9.17) is 5.14 Å². The molecule has 0 unspecified atom stereocenters. The second kappa shape index (κ2) is 4.92. The molecule has 2 N–H and O–H groups in total. The number of halogens is 1. The van der Waals surface area contributed by atoms with E-state index >= 15 is 0 Å². The maximum Gasteiger partial charge on any atom is 0.273 e. The summed E-state index contributed by atoms with van der Waals surface area (Å²) >= 11 is 3.14. The standard InChI is InChI=1S/C9H8BrN5O4S/c1-14-8(12-13-9(14)20(11,18)19)5-2-6(10)4-7(3-5)15(16)17/h2-4H,1H3,(H2,11,18,19). The van der Waals surface area contributed by atoms with Crippen LogP contribution in [0.25, 0.3) is 11.4 Å². The smallest absolute Gasteiger partial charge is 0.273 e. The summed E-state index contributed by atoms with van der Waals surface area (Å²) < 4.78 is 24.2. The van der Waals surface area contributed by atoms with Crippen molar-refractivity contribution in [2.45, 2.75) is 5.16 Å². The first-order chi connectivity index (χ1) is 9.20. The summed E-state index contributed by atoms with van der Waals surface area (Å²) in [5.41, 5.74) is 0.186. The molecule has 2 aromatic rings. The fourth-order valence-electron chi connectivity index (χ4n) is 1.62. The van der Waals surface area contributed by atoms with Gasteiger partial charge in [0.15, 0.2) is 5.82 Å². The molecular weight excluding hydrogens is 354 g/mol. The van der Waals surface area contributed by atoms with Gasteiger partial charge >= 0.3 is 0 Å². The van der Waals surface area contributed by atoms with Crippen LogP contribution in [0.2, 0.25) is 0 Å². The number of rotatable bonds is 3. The van der Waals surface area contributed by atoms with E-state index < -0.39 is 20.1 Å². The number of sulfonamides is 1. The van der Waals surface area contributed by atoms with E-state index in [2.05, 4.69) is 26.1 Å². The van der Waals surface area contributed by atoms with Crippen molar-refractivity contribution in [3.8, 4) is 11.4 Å². The number of hydrogen-bond acceptors (Lipinski definition) is 6. The summed E-state index contributed by atoms with van der Waals surface area (Å²) in [5, 5.41) is 22.6. The van der Waals surface area contributed by atoms with Gasteiger partial charge in [-0.15, -0.1) is 10.2 Å². The van der Waals surface area contributed by atoms with Gasteiger partial charge in [0.2, 0.25) is 0 Å². The van der Waals surface area contributed by atoms with E-state index in [0.717, 1.165) is 4.57 Å². The fourth-order valence-corrected chi connectivity index (χ4v) is 2.73. The molecule has 1 heterocycles. The first-order valence-electron chi connectivity index (χ1n) is 5.07. The molecule has 0 atom stereocenters. The molecule has 0 radical (unpaired) electrons. The lowest BCUT2D eigenvalue weighted by molar-refractivity contribution is -0.384. The molecule has 106 valence electrons. The molecule has 0 aliphatic carbocycles. The van der Waals surface area contributed by atoms with E-state index in [-0.39, 0.29) is 11.5 Å². The third kappa shape index (κ3) is 2.69. The molecule has 2 rings (SSSR count). The largest absolute Gasteiger partial charge is 0.300 e. The van der Waals surface area contributed by atoms with Crippen LogP contribution in [-0.2, 0) is 17.1 Å². The molecule has 20 heavy (non-hydrogen) atoms. The fraction of sp³-hybridized carbons (Fsp3) is 0.111. The average molecular weight is 362 g/mol. The number of nitrogens with two attached hydrogens (primary N) is 1. The van der Waals surface area contributed by atoms with Crippen molar-refractivity contribution >= 4 is 31.6 Å². The van der Waals surface area contributed by atoms with Crippen molar-refractivity contribution in [3.63, 3.8) is 0 Å². The highest BCUT2D eigenvalue weighted by Gasteiger charge is 2.21. The van der Waals surface area contributed by atoms with Gasteiger partial charge in [-0.1, -0.05) is 15.9 Å². The Hall–Kier alpha value is -1.85. The van der Waals surface area contributed by atoms with Crippen LogP contribution in [0.4, 0.5) is 5.69 Å². The minimum atomic E-state index is -4.01. The Balaban J connectivity index is 2.64. The molecule has 0 saturated carbocycles. The van der Waals surface area contributed by atoms with Gasteiger partial charge in [0.25, 0.3) is 20.9 Å². The zero-order valence-corrected chi connectivity index (χ0v) is 12.4. The number of benzene rings is 1. The van der Waals surface area contributed by atoms with Gasteiger partial charge in [-0.2, -0.15) is 0 Å². The van der Waals surface area contributed by atoms with Crippen LogP contribution >= 0.6 is 15.9 Å². The van der Waals surface area contributed by atoms with Crippen molar-refractivity contribution in [1.82, 2.24) is 14.8 Å². The van der Waals surface area contributed by atoms with Gasteiger partial charge in [-0.25, -0.2) is 13.6 Å². The molecule has 0 bridgehead atoms. The average Bonchev–Trinajstić information content (AvgIpc) is 2.69. The number of nitro groups is 1. The maximum absolute atomic E-state index is 11.3. The molecule has 0 aliphatic heterocycles. The highest BCUT2D eigenvalue weighted by Crippen LogP contribution is 2.28. The second-order valence-electron chi connectivity index (χ2n) is 3.87. The number of aromatic nitrogens is 3. The van der Waals surface area contributed by atoms with Gasteiger partial charge in [-0.05, 0) is 6.07 Å². The van der Waals surface area contributed by atoms with Crippen LogP contribution in [0.3, 0.4) is 0 Å². The van der Waals surface area contributed by atoms with Gasteiger partial charge < -0.3 is 0 Å².